The van der Waals surface area contributed by atoms with Crippen molar-refractivity contribution in [3.8, 4) is 0 Å². The largest absolute Gasteiger partial charge is 0.387 e. The van der Waals surface area contributed by atoms with E-state index in [0.717, 1.165) is 16.7 Å². The van der Waals surface area contributed by atoms with Crippen molar-refractivity contribution in [2.45, 2.75) is 45.2 Å². The average Bonchev–Trinajstić information content (AvgIpc) is 3.47. The van der Waals surface area contributed by atoms with Crippen LogP contribution < -0.4 is 10.2 Å². The van der Waals surface area contributed by atoms with Crippen LogP contribution in [-0.4, -0.2) is 45.5 Å². The number of aromatic nitrogens is 2. The highest BCUT2D eigenvalue weighted by Crippen LogP contribution is 2.38. The zero-order valence-electron chi connectivity index (χ0n) is 17.1. The van der Waals surface area contributed by atoms with E-state index in [-0.39, 0.29) is 12.3 Å². The van der Waals surface area contributed by atoms with Crippen molar-refractivity contribution >= 4 is 29.1 Å². The molecule has 0 bridgehead atoms. The number of anilines is 2. The van der Waals surface area contributed by atoms with Crippen molar-refractivity contribution in [3.63, 3.8) is 0 Å². The number of hydrogen-bond acceptors (Lipinski definition) is 6. The van der Waals surface area contributed by atoms with Gasteiger partial charge in [0.05, 0.1) is 23.4 Å². The number of nitrogens with one attached hydrogen (secondary N) is 1. The number of carbonyl (C=O) groups is 1. The molecule has 2 aliphatic rings. The Balaban J connectivity index is 1.64. The van der Waals surface area contributed by atoms with Crippen LogP contribution >= 0.6 is 0 Å². The predicted octanol–water partition coefficient (Wildman–Crippen LogP) is 2.83. The van der Waals surface area contributed by atoms with Crippen LogP contribution in [-0.2, 0) is 4.79 Å². The van der Waals surface area contributed by atoms with Gasteiger partial charge in [-0.3, -0.25) is 9.78 Å². The van der Waals surface area contributed by atoms with Gasteiger partial charge in [-0.2, -0.15) is 0 Å². The molecule has 1 fully saturated rings. The van der Waals surface area contributed by atoms with Crippen LogP contribution in [0.3, 0.4) is 0 Å². The maximum Gasteiger partial charge on any atom is 0.231 e. The van der Waals surface area contributed by atoms with Crippen LogP contribution in [0.15, 0.2) is 24.5 Å². The van der Waals surface area contributed by atoms with Gasteiger partial charge >= 0.3 is 0 Å². The number of fused-ring (bicyclic) bond motifs is 1. The Hall–Kier alpha value is -2.84. The molecule has 3 N–H and O–H groups in total. The van der Waals surface area contributed by atoms with Crippen molar-refractivity contribution in [1.82, 2.24) is 9.97 Å². The normalized spacial score (nSPS) is 23.5. The van der Waals surface area contributed by atoms with Gasteiger partial charge in [0.2, 0.25) is 5.91 Å². The third-order valence-corrected chi connectivity index (χ3v) is 5.72. The van der Waals surface area contributed by atoms with Gasteiger partial charge in [0.1, 0.15) is 12.0 Å². The Labute approximate surface area is 174 Å². The summed E-state index contributed by atoms with van der Waals surface area (Å²) in [6, 6.07) is 3.50. The van der Waals surface area contributed by atoms with E-state index in [2.05, 4.69) is 15.3 Å². The molecule has 0 saturated heterocycles. The maximum absolute atomic E-state index is 13.1. The molecule has 2 aromatic rings. The van der Waals surface area contributed by atoms with Crippen LogP contribution in [0.1, 0.15) is 48.3 Å². The minimum absolute atomic E-state index is 0.253. The molecule has 158 valence electrons. The van der Waals surface area contributed by atoms with Gasteiger partial charge in [0.25, 0.3) is 0 Å². The summed E-state index contributed by atoms with van der Waals surface area (Å²) in [7, 11) is 1.75. The predicted molar refractivity (Wildman–Crippen MR) is 112 cm³/mol. The lowest BCUT2D eigenvalue weighted by Gasteiger charge is -2.33. The minimum atomic E-state index is -1.07. The lowest BCUT2D eigenvalue weighted by atomic mass is 9.94. The van der Waals surface area contributed by atoms with Gasteiger partial charge in [-0.25, -0.2) is 9.37 Å². The van der Waals surface area contributed by atoms with Crippen molar-refractivity contribution in [2.24, 2.45) is 5.92 Å². The van der Waals surface area contributed by atoms with Gasteiger partial charge in [0, 0.05) is 42.2 Å². The highest BCUT2D eigenvalue weighted by molar-refractivity contribution is 5.96. The number of alkyl halides is 1. The quantitative estimate of drug-likeness (QED) is 0.699. The lowest BCUT2D eigenvalue weighted by Crippen LogP contribution is -2.35. The Morgan fingerprint density at radius 1 is 1.37 bits per heavy atom. The highest BCUT2D eigenvalue weighted by atomic mass is 19.1. The van der Waals surface area contributed by atoms with E-state index in [1.807, 2.05) is 26.0 Å². The van der Waals surface area contributed by atoms with E-state index in [4.69, 9.17) is 0 Å². The van der Waals surface area contributed by atoms with Crippen molar-refractivity contribution in [3.05, 3.63) is 46.9 Å². The van der Waals surface area contributed by atoms with Gasteiger partial charge in [-0.05, 0) is 37.5 Å². The smallest absolute Gasteiger partial charge is 0.231 e. The molecule has 4 rings (SSSR count). The molecule has 0 radical (unpaired) electrons. The summed E-state index contributed by atoms with van der Waals surface area (Å²) in [5.74, 6) is -0.645. The third kappa shape index (κ3) is 3.68. The van der Waals surface area contributed by atoms with E-state index in [0.29, 0.717) is 29.2 Å². The fraction of sp³-hybridized carbons (Fsp3) is 0.409. The molecule has 1 unspecified atom stereocenters. The second-order valence-electron chi connectivity index (χ2n) is 7.91. The van der Waals surface area contributed by atoms with Crippen molar-refractivity contribution in [2.75, 3.05) is 17.3 Å². The van der Waals surface area contributed by atoms with E-state index in [1.54, 1.807) is 30.4 Å². The maximum atomic E-state index is 13.1. The molecule has 1 amide bonds. The fourth-order valence-electron chi connectivity index (χ4n) is 3.67. The molecule has 4 atom stereocenters. The number of pyridine rings is 2. The van der Waals surface area contributed by atoms with E-state index >= 15 is 0 Å². The molecule has 0 spiro atoms. The van der Waals surface area contributed by atoms with Crippen LogP contribution in [0.4, 0.5) is 15.9 Å². The SMILES string of the molecule is CC[C@@H](O)c1cc(C)c(C2=Cc3cnc(NC(=O)[C@@H]4C[C@@H]4F)cc3N(C)C2O)cn1. The summed E-state index contributed by atoms with van der Waals surface area (Å²) in [4.78, 5) is 22.3. The number of aliphatic hydroxyl groups excluding tert-OH is 2. The van der Waals surface area contributed by atoms with Crippen LogP contribution in [0.25, 0.3) is 11.6 Å². The van der Waals surface area contributed by atoms with Crippen LogP contribution in [0.2, 0.25) is 0 Å². The number of rotatable bonds is 5. The zero-order chi connectivity index (χ0) is 21.6. The molecule has 2 aromatic heterocycles. The Kier molecular flexibility index (Phi) is 5.29. The monoisotopic (exact) mass is 412 g/mol. The third-order valence-electron chi connectivity index (χ3n) is 5.72. The Morgan fingerprint density at radius 3 is 2.73 bits per heavy atom. The topological polar surface area (TPSA) is 98.6 Å². The van der Waals surface area contributed by atoms with E-state index in [1.165, 1.54) is 0 Å². The second kappa shape index (κ2) is 7.77. The van der Waals surface area contributed by atoms with Crippen molar-refractivity contribution < 1.29 is 19.4 Å². The first-order valence-electron chi connectivity index (χ1n) is 10.0. The molecular weight excluding hydrogens is 387 g/mol. The number of amides is 1. The summed E-state index contributed by atoms with van der Waals surface area (Å²) in [6.07, 6.45) is 3.34. The highest BCUT2D eigenvalue weighted by Gasteiger charge is 2.43. The molecular formula is C22H25FN4O3. The molecule has 3 heterocycles. The Bertz CT molecular complexity index is 1030. The number of carbonyl (C=O) groups excluding carboxylic acids is 1. The number of nitrogens with zero attached hydrogens (tertiary/aromatic N) is 3. The zero-order valence-corrected chi connectivity index (χ0v) is 17.1. The number of hydrogen-bond donors (Lipinski definition) is 3. The number of halogens is 1. The number of aryl methyl sites for hydroxylation is 1. The van der Waals surface area contributed by atoms with Gasteiger partial charge in [-0.15, -0.1) is 0 Å². The molecule has 1 aliphatic carbocycles. The second-order valence-corrected chi connectivity index (χ2v) is 7.91. The van der Waals surface area contributed by atoms with Gasteiger partial charge in [-0.1, -0.05) is 6.92 Å². The van der Waals surface area contributed by atoms with Gasteiger partial charge in [0.15, 0.2) is 6.23 Å². The summed E-state index contributed by atoms with van der Waals surface area (Å²) in [5.41, 5.74) is 4.44. The van der Waals surface area contributed by atoms with Crippen LogP contribution in [0.5, 0.6) is 0 Å². The lowest BCUT2D eigenvalue weighted by molar-refractivity contribution is -0.117. The molecule has 1 aliphatic heterocycles. The van der Waals surface area contributed by atoms with Crippen molar-refractivity contribution in [1.29, 1.82) is 0 Å². The first-order valence-corrected chi connectivity index (χ1v) is 10.0. The van der Waals surface area contributed by atoms with E-state index < -0.39 is 24.4 Å². The fourth-order valence-corrected chi connectivity index (χ4v) is 3.67. The molecule has 30 heavy (non-hydrogen) atoms. The molecule has 8 heteroatoms. The number of likely N-dealkylation sites (N-methyl/N-ethyl adjacent to an activating group) is 1. The number of aliphatic hydroxyl groups is 2. The first kappa shape index (κ1) is 20.4. The van der Waals surface area contributed by atoms with Crippen LogP contribution in [0, 0.1) is 12.8 Å². The summed E-state index contributed by atoms with van der Waals surface area (Å²) in [5, 5.41) is 23.6. The average molecular weight is 412 g/mol. The minimum Gasteiger partial charge on any atom is -0.387 e. The summed E-state index contributed by atoms with van der Waals surface area (Å²) < 4.78 is 13.1. The Morgan fingerprint density at radius 2 is 2.10 bits per heavy atom. The molecule has 7 nitrogen and oxygen atoms in total. The summed E-state index contributed by atoms with van der Waals surface area (Å²) in [6.45, 7) is 3.80. The van der Waals surface area contributed by atoms with E-state index in [9.17, 15) is 19.4 Å². The molecule has 1 saturated carbocycles. The summed E-state index contributed by atoms with van der Waals surface area (Å²) >= 11 is 0. The standard InChI is InChI=1S/C22H25FN4O3/c1-4-19(28)17-5-11(2)15(10-24-17)13-6-12-9-25-20(8-18(12)27(3)22(13)30)26-21(29)14-7-16(14)23/h5-6,8-10,14,16,19,22,28,30H,4,7H2,1-3H3,(H,25,26,29)/t14-,16+,19-,22?/m1/s1. The molecule has 0 aromatic carbocycles. The first-order chi connectivity index (χ1) is 14.3. The van der Waals surface area contributed by atoms with Gasteiger partial charge < -0.3 is 20.4 Å².